The van der Waals surface area contributed by atoms with Crippen molar-refractivity contribution in [3.63, 3.8) is 0 Å². The number of ether oxygens (including phenoxy) is 3. The number of phenols is 1. The Hall–Kier alpha value is -4.56. The first kappa shape index (κ1) is 37.7. The van der Waals surface area contributed by atoms with E-state index in [1.807, 2.05) is 6.08 Å². The summed E-state index contributed by atoms with van der Waals surface area (Å²) in [6.45, 7) is 3.95. The Kier molecular flexibility index (Phi) is 9.90. The third-order valence-corrected chi connectivity index (χ3v) is 14.3. The minimum atomic E-state index is -0.595. The first-order valence-corrected chi connectivity index (χ1v) is 21.5. The molecule has 4 aromatic rings. The van der Waals surface area contributed by atoms with E-state index < -0.39 is 12.3 Å². The third-order valence-electron chi connectivity index (χ3n) is 14.3. The van der Waals surface area contributed by atoms with Crippen LogP contribution >= 0.6 is 0 Å². The van der Waals surface area contributed by atoms with Crippen LogP contribution in [0.25, 0.3) is 16.6 Å². The molecule has 7 atom stereocenters. The van der Waals surface area contributed by atoms with Crippen molar-refractivity contribution in [1.29, 1.82) is 0 Å². The van der Waals surface area contributed by atoms with Gasteiger partial charge in [-0.25, -0.2) is 0 Å². The molecule has 6 N–H and O–H groups in total. The highest BCUT2D eigenvalue weighted by Crippen LogP contribution is 2.52. The van der Waals surface area contributed by atoms with Crippen molar-refractivity contribution in [3.8, 4) is 23.3 Å². The van der Waals surface area contributed by atoms with Crippen LogP contribution in [-0.2, 0) is 47.4 Å². The summed E-state index contributed by atoms with van der Waals surface area (Å²) in [7, 11) is 0. The van der Waals surface area contributed by atoms with E-state index in [-0.39, 0.29) is 42.3 Å². The number of hydrogen-bond acceptors (Lipinski definition) is 8. The van der Waals surface area contributed by atoms with Crippen molar-refractivity contribution in [2.24, 2.45) is 23.5 Å². The van der Waals surface area contributed by atoms with Gasteiger partial charge in [0.2, 0.25) is 0 Å². The second-order valence-corrected chi connectivity index (χ2v) is 17.7. The topological polar surface area (TPSA) is 131 Å². The lowest BCUT2D eigenvalue weighted by Crippen LogP contribution is -2.47. The van der Waals surface area contributed by atoms with E-state index in [1.165, 1.54) is 16.7 Å². The molecule has 1 aromatic heterocycles. The van der Waals surface area contributed by atoms with Gasteiger partial charge in [0.25, 0.3) is 0 Å². The van der Waals surface area contributed by atoms with Gasteiger partial charge in [0.05, 0.1) is 38.2 Å². The lowest BCUT2D eigenvalue weighted by Gasteiger charge is -2.49. The molecule has 0 spiro atoms. The van der Waals surface area contributed by atoms with Crippen molar-refractivity contribution in [2.45, 2.75) is 108 Å². The molecule has 302 valence electrons. The molecule has 9 heteroatoms. The van der Waals surface area contributed by atoms with E-state index in [1.54, 1.807) is 6.07 Å². The number of rotatable bonds is 2. The highest BCUT2D eigenvalue weighted by atomic mass is 16.5. The monoisotopic (exact) mass is 781 g/mol. The number of aliphatic hydroxyl groups is 2. The van der Waals surface area contributed by atoms with Gasteiger partial charge in [-0.15, -0.1) is 0 Å². The molecule has 8 bridgehead atoms. The molecule has 7 aliphatic rings. The average Bonchev–Trinajstić information content (AvgIpc) is 3.67. The summed E-state index contributed by atoms with van der Waals surface area (Å²) < 4.78 is 22.0. The number of aliphatic hydroxyl groups excluding tert-OH is 2. The van der Waals surface area contributed by atoms with Crippen LogP contribution in [0.2, 0.25) is 0 Å². The minimum Gasteiger partial charge on any atom is -0.504 e. The van der Waals surface area contributed by atoms with Crippen molar-refractivity contribution in [1.82, 2.24) is 9.88 Å². The Balaban J connectivity index is 1.19. The number of nitrogens with two attached hydrogens (primary N) is 1. The van der Waals surface area contributed by atoms with Crippen LogP contribution in [0.5, 0.6) is 11.5 Å². The van der Waals surface area contributed by atoms with E-state index in [2.05, 4.69) is 77.4 Å². The maximum atomic E-state index is 11.9. The van der Waals surface area contributed by atoms with Crippen LogP contribution in [-0.4, -0.2) is 58.1 Å². The number of phenolic OH excluding ortho intramolecular Hbond substituents is 1. The van der Waals surface area contributed by atoms with Gasteiger partial charge in [-0.05, 0) is 128 Å². The fourth-order valence-electron chi connectivity index (χ4n) is 11.2. The SMILES string of the molecule is C[C@@H]1C#CC2=CC(N)NC3=C2CO[C@@H](CCC1)C[C@H](O)[C@@H]1CCc2c(c(CO)cc(O)c2OCc2cc([C@@]45CCOC[C@H]4CCc4ccccc45)cc4cn3cc24)C1. The van der Waals surface area contributed by atoms with Gasteiger partial charge in [-0.1, -0.05) is 49.1 Å². The molecule has 1 unspecified atom stereocenters. The van der Waals surface area contributed by atoms with Gasteiger partial charge < -0.3 is 45.1 Å². The molecule has 2 aliphatic carbocycles. The highest BCUT2D eigenvalue weighted by Gasteiger charge is 2.47. The first-order chi connectivity index (χ1) is 28.3. The van der Waals surface area contributed by atoms with Crippen LogP contribution in [0.15, 0.2) is 72.1 Å². The van der Waals surface area contributed by atoms with Crippen molar-refractivity contribution in [3.05, 3.63) is 111 Å². The number of aromatic hydroxyl groups is 1. The molecule has 5 aliphatic heterocycles. The second kappa shape index (κ2) is 15.2. The molecule has 9 nitrogen and oxygen atoms in total. The van der Waals surface area contributed by atoms with E-state index in [4.69, 9.17) is 19.9 Å². The number of hydrogen-bond donors (Lipinski definition) is 5. The number of aryl methyl sites for hydroxylation is 1. The summed E-state index contributed by atoms with van der Waals surface area (Å²) in [6, 6.07) is 15.3. The Morgan fingerprint density at radius 3 is 2.81 bits per heavy atom. The second-order valence-electron chi connectivity index (χ2n) is 17.7. The molecule has 0 amide bonds. The van der Waals surface area contributed by atoms with Gasteiger partial charge >= 0.3 is 0 Å². The Bertz CT molecular complexity index is 2380. The maximum Gasteiger partial charge on any atom is 0.164 e. The van der Waals surface area contributed by atoms with Crippen LogP contribution in [0.4, 0.5) is 0 Å². The summed E-state index contributed by atoms with van der Waals surface area (Å²) in [4.78, 5) is 0. The minimum absolute atomic E-state index is 0.0182. The Labute approximate surface area is 340 Å². The number of aromatic nitrogens is 1. The molecular formula is C49H55N3O6. The Morgan fingerprint density at radius 1 is 1.02 bits per heavy atom. The normalized spacial score (nSPS) is 29.5. The summed E-state index contributed by atoms with van der Waals surface area (Å²) in [5.41, 5.74) is 16.0. The molecule has 58 heavy (non-hydrogen) atoms. The zero-order valence-corrected chi connectivity index (χ0v) is 33.4. The largest absolute Gasteiger partial charge is 0.504 e. The molecule has 0 radical (unpaired) electrons. The van der Waals surface area contributed by atoms with Gasteiger partial charge in [-0.3, -0.25) is 0 Å². The van der Waals surface area contributed by atoms with Crippen LogP contribution < -0.4 is 15.8 Å². The van der Waals surface area contributed by atoms with Crippen LogP contribution in [0.3, 0.4) is 0 Å². The predicted molar refractivity (Wildman–Crippen MR) is 224 cm³/mol. The summed E-state index contributed by atoms with van der Waals surface area (Å²) in [5.74, 6) is 8.88. The third kappa shape index (κ3) is 6.54. The van der Waals surface area contributed by atoms with Gasteiger partial charge in [-0.2, -0.15) is 0 Å². The van der Waals surface area contributed by atoms with Gasteiger partial charge in [0, 0.05) is 57.8 Å². The van der Waals surface area contributed by atoms with Gasteiger partial charge in [0.1, 0.15) is 12.4 Å². The quantitative estimate of drug-likeness (QED) is 0.141. The van der Waals surface area contributed by atoms with Crippen molar-refractivity contribution >= 4 is 16.6 Å². The summed E-state index contributed by atoms with van der Waals surface area (Å²) >= 11 is 0. The van der Waals surface area contributed by atoms with E-state index in [0.29, 0.717) is 49.7 Å². The van der Waals surface area contributed by atoms with Gasteiger partial charge in [0.15, 0.2) is 11.5 Å². The highest BCUT2D eigenvalue weighted by molar-refractivity contribution is 5.88. The van der Waals surface area contributed by atoms with Crippen LogP contribution in [0, 0.1) is 29.6 Å². The Morgan fingerprint density at radius 2 is 1.91 bits per heavy atom. The molecular weight excluding hydrogens is 727 g/mol. The average molecular weight is 782 g/mol. The zero-order chi connectivity index (χ0) is 39.5. The standard InChI is InChI=1S/C49H55N3O6/c1-29-5-4-7-38-22-44(54)32-12-14-39-40(19-32)34(25-53)20-45(55)47(39)58-26-35-18-37(49-15-16-56-27-36(49)13-11-30-6-2-3-8-43(30)49)17-33-23-52(24-41(33)35)48-42(28-57-38)31(10-9-29)21-46(50)51-48/h2-3,6,8,17-18,20-21,23-24,29,32,36,38,44,46,51,53-55H,4-5,7,11-16,19,22,25-28,50H2,1H3/t29-,32+,36+,38-,44-,46?,49+/m0/s1. The molecule has 11 rings (SSSR count). The molecule has 6 heterocycles. The number of fused-ring (bicyclic) bond motifs is 6. The van der Waals surface area contributed by atoms with E-state index in [0.717, 1.165) is 96.0 Å². The number of benzene rings is 3. The lowest BCUT2D eigenvalue weighted by atomic mass is 9.57. The molecule has 1 saturated heterocycles. The molecule has 3 aromatic carbocycles. The number of nitrogens with zero attached hydrogens (tertiary/aromatic N) is 1. The fraction of sp³-hybridized carbons (Fsp3) is 0.469. The van der Waals surface area contributed by atoms with Crippen molar-refractivity contribution < 1.29 is 29.5 Å². The van der Waals surface area contributed by atoms with E-state index in [9.17, 15) is 15.3 Å². The van der Waals surface area contributed by atoms with Crippen molar-refractivity contribution in [2.75, 3.05) is 19.8 Å². The smallest absolute Gasteiger partial charge is 0.164 e. The first-order valence-electron chi connectivity index (χ1n) is 21.5. The lowest BCUT2D eigenvalue weighted by molar-refractivity contribution is -0.00228. The predicted octanol–water partition coefficient (Wildman–Crippen LogP) is 6.75. The number of dihydropyridines is 1. The van der Waals surface area contributed by atoms with E-state index >= 15 is 0 Å². The zero-order valence-electron chi connectivity index (χ0n) is 33.4. The molecule has 0 saturated carbocycles. The van der Waals surface area contributed by atoms with Crippen LogP contribution in [0.1, 0.15) is 90.8 Å². The maximum absolute atomic E-state index is 11.9. The summed E-state index contributed by atoms with van der Waals surface area (Å²) in [5, 5.41) is 39.6. The fourth-order valence-corrected chi connectivity index (χ4v) is 11.2. The summed E-state index contributed by atoms with van der Waals surface area (Å²) in [6.07, 6.45) is 13.3. The number of nitrogens with one attached hydrogen (secondary N) is 1. The molecule has 1 fully saturated rings.